The summed E-state index contributed by atoms with van der Waals surface area (Å²) in [6.07, 6.45) is 0. The summed E-state index contributed by atoms with van der Waals surface area (Å²) >= 11 is 1.15. The fraction of sp³-hybridized carbons (Fsp3) is 0.800. The van der Waals surface area contributed by atoms with Crippen LogP contribution in [0.1, 0.15) is 27.7 Å². The molecule has 0 rings (SSSR count). The molecule has 5 heteroatoms. The molecule has 0 aromatic carbocycles. The smallest absolute Gasteiger partial charge is 0.319 e. The molecule has 0 radical (unpaired) electrons. The topological polar surface area (TPSA) is 57.6 Å². The highest BCUT2D eigenvalue weighted by molar-refractivity contribution is 8.01. The van der Waals surface area contributed by atoms with Crippen LogP contribution in [0.3, 0.4) is 0 Å². The monoisotopic (exact) mass is 233 g/mol. The second kappa shape index (κ2) is 5.39. The number of carboxylic acids is 1. The quantitative estimate of drug-likeness (QED) is 0.781. The molecular formula is C10H19NO3S. The van der Waals surface area contributed by atoms with Crippen LogP contribution in [0.25, 0.3) is 0 Å². The molecule has 15 heavy (non-hydrogen) atoms. The lowest BCUT2D eigenvalue weighted by Gasteiger charge is -2.24. The molecule has 0 aliphatic rings. The Bertz CT molecular complexity index is 251. The van der Waals surface area contributed by atoms with Gasteiger partial charge in [-0.2, -0.15) is 0 Å². The van der Waals surface area contributed by atoms with Crippen LogP contribution in [-0.2, 0) is 9.59 Å². The van der Waals surface area contributed by atoms with Crippen molar-refractivity contribution >= 4 is 23.6 Å². The number of rotatable bonds is 5. The highest BCUT2D eigenvalue weighted by atomic mass is 32.2. The van der Waals surface area contributed by atoms with Crippen molar-refractivity contribution in [1.29, 1.82) is 0 Å². The molecule has 0 atom stereocenters. The molecule has 0 heterocycles. The summed E-state index contributed by atoms with van der Waals surface area (Å²) in [6, 6.07) is 0.144. The fourth-order valence-corrected chi connectivity index (χ4v) is 1.51. The van der Waals surface area contributed by atoms with Crippen LogP contribution in [-0.4, -0.2) is 45.5 Å². The minimum atomic E-state index is -0.909. The van der Waals surface area contributed by atoms with E-state index in [2.05, 4.69) is 0 Å². The average molecular weight is 233 g/mol. The van der Waals surface area contributed by atoms with Crippen molar-refractivity contribution in [3.05, 3.63) is 0 Å². The fourth-order valence-electron chi connectivity index (χ4n) is 0.694. The number of hydrogen-bond acceptors (Lipinski definition) is 3. The highest BCUT2D eigenvalue weighted by Gasteiger charge is 2.29. The molecule has 0 saturated heterocycles. The Kier molecular flexibility index (Phi) is 5.14. The van der Waals surface area contributed by atoms with Crippen LogP contribution in [0.15, 0.2) is 0 Å². The SMILES string of the molecule is CC(C)N(C)C(=O)CSC(C)(C)C(=O)O. The van der Waals surface area contributed by atoms with Crippen molar-refractivity contribution in [2.75, 3.05) is 12.8 Å². The highest BCUT2D eigenvalue weighted by Crippen LogP contribution is 2.24. The summed E-state index contributed by atoms with van der Waals surface area (Å²) in [7, 11) is 1.72. The first-order valence-corrected chi connectivity index (χ1v) is 5.80. The van der Waals surface area contributed by atoms with Crippen LogP contribution in [0.5, 0.6) is 0 Å². The van der Waals surface area contributed by atoms with Gasteiger partial charge in [0.25, 0.3) is 0 Å². The maximum atomic E-state index is 11.6. The molecule has 1 amide bonds. The number of carboxylic acid groups (broad SMARTS) is 1. The molecule has 0 bridgehead atoms. The first kappa shape index (κ1) is 14.3. The Balaban J connectivity index is 4.18. The third-order valence-electron chi connectivity index (χ3n) is 2.24. The summed E-state index contributed by atoms with van der Waals surface area (Å²) in [6.45, 7) is 7.04. The van der Waals surface area contributed by atoms with E-state index < -0.39 is 10.7 Å². The van der Waals surface area contributed by atoms with E-state index in [0.29, 0.717) is 0 Å². The van der Waals surface area contributed by atoms with E-state index in [1.54, 1.807) is 25.8 Å². The Morgan fingerprint density at radius 1 is 1.40 bits per heavy atom. The summed E-state index contributed by atoms with van der Waals surface area (Å²) in [4.78, 5) is 24.0. The number of carbonyl (C=O) groups excluding carboxylic acids is 1. The zero-order valence-electron chi connectivity index (χ0n) is 9.90. The first-order valence-electron chi connectivity index (χ1n) is 4.81. The third kappa shape index (κ3) is 4.55. The van der Waals surface area contributed by atoms with Crippen LogP contribution in [0.2, 0.25) is 0 Å². The van der Waals surface area contributed by atoms with Crippen molar-refractivity contribution < 1.29 is 14.7 Å². The lowest BCUT2D eigenvalue weighted by Crippen LogP contribution is -2.36. The zero-order chi connectivity index (χ0) is 12.2. The van der Waals surface area contributed by atoms with Gasteiger partial charge in [-0.15, -0.1) is 11.8 Å². The standard InChI is InChI=1S/C10H19NO3S/c1-7(2)11(5)8(12)6-15-10(3,4)9(13)14/h7H,6H2,1-5H3,(H,13,14). The molecule has 88 valence electrons. The van der Waals surface area contributed by atoms with Crippen molar-refractivity contribution in [3.63, 3.8) is 0 Å². The Morgan fingerprint density at radius 2 is 1.87 bits per heavy atom. The summed E-state index contributed by atoms with van der Waals surface area (Å²) < 4.78 is -0.909. The second-order valence-corrected chi connectivity index (χ2v) is 5.80. The summed E-state index contributed by atoms with van der Waals surface area (Å²) in [5.41, 5.74) is 0. The molecule has 0 saturated carbocycles. The first-order chi connectivity index (χ1) is 6.68. The molecule has 0 aliphatic heterocycles. The van der Waals surface area contributed by atoms with E-state index in [0.717, 1.165) is 11.8 Å². The van der Waals surface area contributed by atoms with Crippen LogP contribution >= 0.6 is 11.8 Å². The molecule has 1 N–H and O–H groups in total. The summed E-state index contributed by atoms with van der Waals surface area (Å²) in [5, 5.41) is 8.86. The van der Waals surface area contributed by atoms with Gasteiger partial charge in [-0.05, 0) is 27.7 Å². The van der Waals surface area contributed by atoms with E-state index in [9.17, 15) is 9.59 Å². The number of hydrogen-bond donors (Lipinski definition) is 1. The van der Waals surface area contributed by atoms with Gasteiger partial charge < -0.3 is 10.0 Å². The molecule has 0 spiro atoms. The maximum absolute atomic E-state index is 11.6. The van der Waals surface area contributed by atoms with Gasteiger partial charge in [-0.1, -0.05) is 0 Å². The van der Waals surface area contributed by atoms with Crippen molar-refractivity contribution in [3.8, 4) is 0 Å². The zero-order valence-corrected chi connectivity index (χ0v) is 10.7. The van der Waals surface area contributed by atoms with E-state index >= 15 is 0 Å². The Hall–Kier alpha value is -0.710. The Morgan fingerprint density at radius 3 is 2.20 bits per heavy atom. The average Bonchev–Trinajstić information content (AvgIpc) is 2.12. The predicted octanol–water partition coefficient (Wildman–Crippen LogP) is 1.45. The minimum absolute atomic E-state index is 0.0377. The lowest BCUT2D eigenvalue weighted by molar-refractivity contribution is -0.138. The maximum Gasteiger partial charge on any atom is 0.319 e. The third-order valence-corrected chi connectivity index (χ3v) is 3.53. The van der Waals surface area contributed by atoms with Gasteiger partial charge >= 0.3 is 5.97 Å². The van der Waals surface area contributed by atoms with Crippen molar-refractivity contribution in [1.82, 2.24) is 4.90 Å². The van der Waals surface area contributed by atoms with Gasteiger partial charge in [-0.25, -0.2) is 0 Å². The minimum Gasteiger partial charge on any atom is -0.480 e. The number of carbonyl (C=O) groups is 2. The van der Waals surface area contributed by atoms with Crippen LogP contribution in [0, 0.1) is 0 Å². The number of thioether (sulfide) groups is 1. The van der Waals surface area contributed by atoms with E-state index in [1.807, 2.05) is 13.8 Å². The molecule has 0 aromatic rings. The van der Waals surface area contributed by atoms with E-state index in [4.69, 9.17) is 5.11 Å². The van der Waals surface area contributed by atoms with Gasteiger partial charge in [-0.3, -0.25) is 9.59 Å². The number of amides is 1. The number of nitrogens with zero attached hydrogens (tertiary/aromatic N) is 1. The molecule has 0 fully saturated rings. The molecule has 0 aliphatic carbocycles. The predicted molar refractivity (Wildman–Crippen MR) is 62.1 cm³/mol. The van der Waals surface area contributed by atoms with Gasteiger partial charge in [0.2, 0.25) is 5.91 Å². The van der Waals surface area contributed by atoms with E-state index in [1.165, 1.54) is 0 Å². The second-order valence-electron chi connectivity index (χ2n) is 4.20. The van der Waals surface area contributed by atoms with Crippen molar-refractivity contribution in [2.24, 2.45) is 0 Å². The largest absolute Gasteiger partial charge is 0.480 e. The summed E-state index contributed by atoms with van der Waals surface area (Å²) in [5.74, 6) is -0.731. The van der Waals surface area contributed by atoms with Crippen molar-refractivity contribution in [2.45, 2.75) is 38.5 Å². The molecule has 4 nitrogen and oxygen atoms in total. The molecule has 0 aromatic heterocycles. The van der Waals surface area contributed by atoms with Gasteiger partial charge in [0.15, 0.2) is 0 Å². The van der Waals surface area contributed by atoms with Gasteiger partial charge in [0.05, 0.1) is 5.75 Å². The molecular weight excluding hydrogens is 214 g/mol. The Labute approximate surface area is 95.0 Å². The van der Waals surface area contributed by atoms with Crippen LogP contribution < -0.4 is 0 Å². The lowest BCUT2D eigenvalue weighted by atomic mass is 10.2. The normalized spacial score (nSPS) is 11.6. The van der Waals surface area contributed by atoms with Crippen LogP contribution in [0.4, 0.5) is 0 Å². The van der Waals surface area contributed by atoms with E-state index in [-0.39, 0.29) is 17.7 Å². The van der Waals surface area contributed by atoms with Gasteiger partial charge in [0, 0.05) is 13.1 Å². The number of aliphatic carboxylic acids is 1. The van der Waals surface area contributed by atoms with Gasteiger partial charge in [0.1, 0.15) is 4.75 Å². The molecule has 0 unspecified atom stereocenters.